The summed E-state index contributed by atoms with van der Waals surface area (Å²) in [6, 6.07) is 42.8. The molecule has 0 saturated heterocycles. The number of allylic oxidation sites excluding steroid dienone is 1. The molecule has 6 aromatic rings. The van der Waals surface area contributed by atoms with E-state index in [1.807, 2.05) is 0 Å². The summed E-state index contributed by atoms with van der Waals surface area (Å²) in [7, 11) is 0. The van der Waals surface area contributed by atoms with Gasteiger partial charge in [-0.2, -0.15) is 21.0 Å². The molecule has 14 nitrogen and oxygen atoms in total. The van der Waals surface area contributed by atoms with E-state index >= 15 is 19.2 Å². The Hall–Kier alpha value is -8.80. The fourth-order valence-corrected chi connectivity index (χ4v) is 10.4. The highest BCUT2D eigenvalue weighted by Gasteiger charge is 2.71. The van der Waals surface area contributed by atoms with Gasteiger partial charge in [0.2, 0.25) is 22.3 Å². The standard InChI is InChI=1S/C50H30N6O8S2/c51-23-35(24-52)55-39-21-37-41(50(39,47(59)63-29-33-17-9-3-10-18-33)48(60)64-30-34-19-11-4-12-20-34)44-42(43-38(65-44)22-40(66-43)56-36(25-53)26-54)49(37,45(57)61-27-31-13-5-1-6-14-31)46(58)62-28-32-15-7-2-8-16-32/h1-22H,27-30H2. The smallest absolute Gasteiger partial charge is 0.334 e. The minimum Gasteiger partial charge on any atom is -0.459 e. The Labute approximate surface area is 384 Å². The van der Waals surface area contributed by atoms with Gasteiger partial charge in [0.1, 0.15) is 55.7 Å². The van der Waals surface area contributed by atoms with Gasteiger partial charge in [-0.15, -0.1) is 22.7 Å². The summed E-state index contributed by atoms with van der Waals surface area (Å²) in [6.07, 6.45) is 1.14. The molecular formula is C50H30N6O8S2. The molecule has 2 aromatic heterocycles. The van der Waals surface area contributed by atoms with Gasteiger partial charge in [0.25, 0.3) is 0 Å². The van der Waals surface area contributed by atoms with Crippen LogP contribution in [0.2, 0.25) is 0 Å². The normalized spacial score (nSPS) is 13.5. The van der Waals surface area contributed by atoms with Crippen LogP contribution >= 0.6 is 22.7 Å². The van der Waals surface area contributed by atoms with Crippen LogP contribution in [0.4, 0.5) is 5.00 Å². The molecule has 0 aliphatic heterocycles. The van der Waals surface area contributed by atoms with Gasteiger partial charge in [0, 0.05) is 20.7 Å². The molecule has 2 heterocycles. The average molecular weight is 907 g/mol. The van der Waals surface area contributed by atoms with Gasteiger partial charge < -0.3 is 18.9 Å². The number of thiophene rings is 2. The highest BCUT2D eigenvalue weighted by Crippen LogP contribution is 2.66. The molecule has 2 aliphatic rings. The van der Waals surface area contributed by atoms with Crippen LogP contribution in [-0.4, -0.2) is 35.3 Å². The second-order valence-corrected chi connectivity index (χ2v) is 16.6. The number of nitriles is 4. The largest absolute Gasteiger partial charge is 0.459 e. The Balaban J connectivity index is 1.43. The van der Waals surface area contributed by atoms with Gasteiger partial charge in [-0.3, -0.25) is 19.2 Å². The van der Waals surface area contributed by atoms with Crippen molar-refractivity contribution in [3.63, 3.8) is 0 Å². The molecule has 0 bridgehead atoms. The van der Waals surface area contributed by atoms with Crippen LogP contribution in [0.15, 0.2) is 155 Å². The van der Waals surface area contributed by atoms with Crippen LogP contribution in [0, 0.1) is 50.7 Å². The first-order chi connectivity index (χ1) is 32.2. The monoisotopic (exact) mass is 906 g/mol. The van der Waals surface area contributed by atoms with Crippen molar-refractivity contribution >= 4 is 77.9 Å². The number of rotatable bonds is 14. The van der Waals surface area contributed by atoms with Crippen molar-refractivity contribution in [1.29, 1.82) is 21.0 Å². The second kappa shape index (κ2) is 18.9. The predicted molar refractivity (Wildman–Crippen MR) is 241 cm³/mol. The van der Waals surface area contributed by atoms with E-state index in [0.717, 1.165) is 28.7 Å². The van der Waals surface area contributed by atoms with E-state index in [0.29, 0.717) is 27.0 Å². The van der Waals surface area contributed by atoms with Crippen molar-refractivity contribution < 1.29 is 38.1 Å². The number of fused-ring (bicyclic) bond motifs is 4. The third-order valence-corrected chi connectivity index (χ3v) is 13.0. The van der Waals surface area contributed by atoms with Gasteiger partial charge in [0.05, 0.1) is 10.4 Å². The Bertz CT molecular complexity index is 3080. The zero-order chi connectivity index (χ0) is 46.3. The summed E-state index contributed by atoms with van der Waals surface area (Å²) in [6.45, 7) is -1.41. The predicted octanol–water partition coefficient (Wildman–Crippen LogP) is 8.43. The minimum atomic E-state index is -2.80. The third-order valence-electron chi connectivity index (χ3n) is 10.6. The molecule has 0 amide bonds. The summed E-state index contributed by atoms with van der Waals surface area (Å²) in [4.78, 5) is 70.1. The topological polar surface area (TPSA) is 225 Å². The fraction of sp³-hybridized carbons (Fsp3) is 0.120. The molecule has 16 heteroatoms. The maximum absolute atomic E-state index is 15.5. The number of hydrogen-bond acceptors (Lipinski definition) is 16. The van der Waals surface area contributed by atoms with Crippen molar-refractivity contribution in [3.8, 4) is 24.3 Å². The van der Waals surface area contributed by atoms with Gasteiger partial charge in [-0.05, 0) is 40.0 Å². The summed E-state index contributed by atoms with van der Waals surface area (Å²) in [5.41, 5.74) is -5.62. The highest BCUT2D eigenvalue weighted by molar-refractivity contribution is 7.30. The van der Waals surface area contributed by atoms with E-state index in [1.165, 1.54) is 6.07 Å². The zero-order valence-electron chi connectivity index (χ0n) is 34.3. The second-order valence-electron chi connectivity index (χ2n) is 14.5. The molecule has 0 saturated carbocycles. The summed E-state index contributed by atoms with van der Waals surface area (Å²) >= 11 is 1.90. The Kier molecular flexibility index (Phi) is 12.5. The number of esters is 4. The molecule has 8 rings (SSSR count). The number of nitrogens with zero attached hydrogens (tertiary/aromatic N) is 6. The van der Waals surface area contributed by atoms with Crippen LogP contribution in [0.1, 0.15) is 32.7 Å². The van der Waals surface area contributed by atoms with Crippen LogP contribution in [0.25, 0.3) is 15.0 Å². The number of ether oxygens (including phenoxy) is 4. The lowest BCUT2D eigenvalue weighted by atomic mass is 9.77. The average Bonchev–Trinajstić information content (AvgIpc) is 4.09. The molecular weight excluding hydrogens is 877 g/mol. The molecule has 320 valence electrons. The number of carbonyl (C=O) groups is 4. The first-order valence-corrected chi connectivity index (χ1v) is 21.5. The van der Waals surface area contributed by atoms with Gasteiger partial charge in [-0.1, -0.05) is 121 Å². The van der Waals surface area contributed by atoms with Crippen LogP contribution < -0.4 is 0 Å². The van der Waals surface area contributed by atoms with Crippen molar-refractivity contribution in [2.24, 2.45) is 15.4 Å². The minimum absolute atomic E-state index is 0.0401. The van der Waals surface area contributed by atoms with Crippen molar-refractivity contribution in [2.75, 3.05) is 0 Å². The first kappa shape index (κ1) is 43.8. The lowest BCUT2D eigenvalue weighted by molar-refractivity contribution is -0.167. The Morgan fingerprint density at radius 1 is 0.515 bits per heavy atom. The maximum Gasteiger partial charge on any atom is 0.334 e. The quantitative estimate of drug-likeness (QED) is 0.0434. The third kappa shape index (κ3) is 7.91. The molecule has 0 fully saturated rings. The molecule has 66 heavy (non-hydrogen) atoms. The Morgan fingerprint density at radius 3 is 1.29 bits per heavy atom. The molecule has 2 aliphatic carbocycles. The number of aliphatic imine (C=N–C) groups is 2. The van der Waals surface area contributed by atoms with Crippen LogP contribution in [0.3, 0.4) is 0 Å². The van der Waals surface area contributed by atoms with Crippen LogP contribution in [0.5, 0.6) is 0 Å². The van der Waals surface area contributed by atoms with E-state index in [4.69, 9.17) is 18.9 Å². The van der Waals surface area contributed by atoms with Gasteiger partial charge >= 0.3 is 23.9 Å². The van der Waals surface area contributed by atoms with Crippen molar-refractivity contribution in [1.82, 2.24) is 0 Å². The van der Waals surface area contributed by atoms with E-state index in [2.05, 4.69) is 9.98 Å². The van der Waals surface area contributed by atoms with Crippen molar-refractivity contribution in [2.45, 2.75) is 31.8 Å². The molecule has 0 atom stereocenters. The highest BCUT2D eigenvalue weighted by atomic mass is 32.1. The lowest BCUT2D eigenvalue weighted by Gasteiger charge is -2.29. The first-order valence-electron chi connectivity index (χ1n) is 19.9. The van der Waals surface area contributed by atoms with E-state index < -0.39 is 51.8 Å². The van der Waals surface area contributed by atoms with Crippen LogP contribution in [-0.2, 0) is 70.0 Å². The molecule has 0 radical (unpaired) electrons. The SMILES string of the molecule is N#CC(C#N)=NC1=CC2=C(c3sc4cc(N=C(C#N)C#N)sc4c3C2(C(=O)OCc2ccccc2)C(=O)OCc2ccccc2)C1(C(=O)OCc1ccccc1)C(=O)OCc1ccccc1. The molecule has 4 aromatic carbocycles. The van der Waals surface area contributed by atoms with E-state index in [9.17, 15) is 21.0 Å². The summed E-state index contributed by atoms with van der Waals surface area (Å²) in [5, 5.41) is 39.4. The zero-order valence-corrected chi connectivity index (χ0v) is 35.9. The maximum atomic E-state index is 15.5. The summed E-state index contributed by atoms with van der Waals surface area (Å²) in [5.74, 6) is -4.86. The fourth-order valence-electron chi connectivity index (χ4n) is 7.64. The Morgan fingerprint density at radius 2 is 0.894 bits per heavy atom. The number of hydrogen-bond donors (Lipinski definition) is 0. The molecule has 0 unspecified atom stereocenters. The number of benzene rings is 4. The van der Waals surface area contributed by atoms with E-state index in [1.54, 1.807) is 146 Å². The van der Waals surface area contributed by atoms with Gasteiger partial charge in [0.15, 0.2) is 0 Å². The van der Waals surface area contributed by atoms with Crippen molar-refractivity contribution in [3.05, 3.63) is 177 Å². The molecule has 0 N–H and O–H groups in total. The summed E-state index contributed by atoms with van der Waals surface area (Å²) < 4.78 is 24.7. The van der Waals surface area contributed by atoms with E-state index in [-0.39, 0.29) is 57.7 Å². The lowest BCUT2D eigenvalue weighted by Crippen LogP contribution is -2.46. The molecule has 0 spiro atoms. The number of carbonyl (C=O) groups excluding carboxylic acids is 4. The van der Waals surface area contributed by atoms with Gasteiger partial charge in [-0.25, -0.2) is 9.98 Å².